The summed E-state index contributed by atoms with van der Waals surface area (Å²) in [6.07, 6.45) is 2.76. The Bertz CT molecular complexity index is 774. The van der Waals surface area contributed by atoms with Crippen LogP contribution in [-0.2, 0) is 24.5 Å². The fraction of sp³-hybridized carbons (Fsp3) is 0.450. The number of rotatable bonds is 2. The maximum atomic E-state index is 13.0. The predicted molar refractivity (Wildman–Crippen MR) is 94.0 cm³/mol. The fourth-order valence-electron chi connectivity index (χ4n) is 4.06. The second-order valence-corrected chi connectivity index (χ2v) is 7.88. The minimum Gasteiger partial charge on any atom is -0.460 e. The van der Waals surface area contributed by atoms with E-state index in [1.807, 2.05) is 31.2 Å². The van der Waals surface area contributed by atoms with E-state index in [1.165, 1.54) is 0 Å². The lowest BCUT2D eigenvalue weighted by molar-refractivity contribution is -0.166. The minimum atomic E-state index is -1.11. The number of anilines is 1. The second kappa shape index (κ2) is 5.83. The molecule has 1 heterocycles. The van der Waals surface area contributed by atoms with Crippen LogP contribution in [0.2, 0.25) is 0 Å². The van der Waals surface area contributed by atoms with E-state index in [0.717, 1.165) is 11.8 Å². The molecule has 1 amide bonds. The van der Waals surface area contributed by atoms with Gasteiger partial charge in [-0.2, -0.15) is 0 Å². The van der Waals surface area contributed by atoms with Gasteiger partial charge >= 0.3 is 5.97 Å². The molecule has 0 saturated carbocycles. The van der Waals surface area contributed by atoms with Crippen LogP contribution in [0.4, 0.5) is 5.69 Å². The molecule has 0 radical (unpaired) electrons. The molecule has 2 aliphatic rings. The van der Waals surface area contributed by atoms with Gasteiger partial charge < -0.3 is 10.1 Å². The number of aldehydes is 1. The molecule has 1 aromatic carbocycles. The Hall–Kier alpha value is -2.43. The average Bonchev–Trinajstić information content (AvgIpc) is 2.77. The number of esters is 1. The van der Waals surface area contributed by atoms with Crippen molar-refractivity contribution in [3.63, 3.8) is 0 Å². The van der Waals surface area contributed by atoms with Crippen LogP contribution in [-0.4, -0.2) is 23.8 Å². The topological polar surface area (TPSA) is 72.5 Å². The van der Waals surface area contributed by atoms with Crippen molar-refractivity contribution in [1.29, 1.82) is 0 Å². The molecule has 5 heteroatoms. The summed E-state index contributed by atoms with van der Waals surface area (Å²) in [4.78, 5) is 37.5. The van der Waals surface area contributed by atoms with Gasteiger partial charge in [-0.3, -0.25) is 14.4 Å². The number of carbonyl (C=O) groups excluding carboxylic acids is 3. The molecule has 1 aliphatic carbocycles. The van der Waals surface area contributed by atoms with Crippen molar-refractivity contribution in [3.8, 4) is 0 Å². The standard InChI is InChI=1S/C20H23NO4/c1-12-9-13(11-22)10-20(16(12)17(23)25-19(2,3)4)14-7-5-6-8-15(14)21-18(20)24/h5-9,11-12,16H,10H2,1-4H3,(H,21,24)/t12-,16-,20+/m0/s1. The fourth-order valence-corrected chi connectivity index (χ4v) is 4.06. The van der Waals surface area contributed by atoms with Crippen molar-refractivity contribution in [1.82, 2.24) is 0 Å². The molecule has 1 aromatic rings. The SMILES string of the molecule is C[C@H]1C=C(C=O)C[C@]2(C(=O)Nc3ccccc32)[C@@H]1C(=O)OC(C)(C)C. The molecule has 0 aromatic heterocycles. The number of hydrogen-bond donors (Lipinski definition) is 1. The van der Waals surface area contributed by atoms with Crippen LogP contribution in [0.15, 0.2) is 35.9 Å². The van der Waals surface area contributed by atoms with Crippen LogP contribution in [0.5, 0.6) is 0 Å². The summed E-state index contributed by atoms with van der Waals surface area (Å²) in [6.45, 7) is 7.27. The second-order valence-electron chi connectivity index (χ2n) is 7.88. The van der Waals surface area contributed by atoms with Crippen molar-refractivity contribution in [2.45, 2.75) is 45.1 Å². The first-order valence-electron chi connectivity index (χ1n) is 8.49. The first-order valence-corrected chi connectivity index (χ1v) is 8.49. The summed E-state index contributed by atoms with van der Waals surface area (Å²) < 4.78 is 5.63. The van der Waals surface area contributed by atoms with Gasteiger partial charge in [0.1, 0.15) is 11.9 Å². The molecule has 0 fully saturated rings. The van der Waals surface area contributed by atoms with Crippen molar-refractivity contribution >= 4 is 23.9 Å². The molecule has 3 atom stereocenters. The van der Waals surface area contributed by atoms with Crippen molar-refractivity contribution < 1.29 is 19.1 Å². The summed E-state index contributed by atoms with van der Waals surface area (Å²) in [5, 5.41) is 2.88. The average molecular weight is 341 g/mol. The Morgan fingerprint density at radius 3 is 2.64 bits per heavy atom. The number of fused-ring (bicyclic) bond motifs is 2. The zero-order valence-electron chi connectivity index (χ0n) is 15.0. The van der Waals surface area contributed by atoms with Crippen molar-refractivity contribution in [2.24, 2.45) is 11.8 Å². The first-order chi connectivity index (χ1) is 11.7. The van der Waals surface area contributed by atoms with Crippen LogP contribution < -0.4 is 5.32 Å². The number of ether oxygens (including phenoxy) is 1. The van der Waals surface area contributed by atoms with Gasteiger partial charge in [0.05, 0.1) is 11.3 Å². The van der Waals surface area contributed by atoms with E-state index >= 15 is 0 Å². The molecular weight excluding hydrogens is 318 g/mol. The molecule has 0 unspecified atom stereocenters. The Labute approximate surface area is 147 Å². The van der Waals surface area contributed by atoms with Gasteiger partial charge in [-0.25, -0.2) is 0 Å². The van der Waals surface area contributed by atoms with E-state index in [2.05, 4.69) is 5.32 Å². The summed E-state index contributed by atoms with van der Waals surface area (Å²) in [5.41, 5.74) is 0.236. The summed E-state index contributed by atoms with van der Waals surface area (Å²) in [5.74, 6) is -1.63. The first kappa shape index (κ1) is 17.4. The molecule has 3 rings (SSSR count). The maximum Gasteiger partial charge on any atom is 0.311 e. The van der Waals surface area contributed by atoms with E-state index < -0.39 is 22.9 Å². The smallest absolute Gasteiger partial charge is 0.311 e. The zero-order valence-corrected chi connectivity index (χ0v) is 15.0. The van der Waals surface area contributed by atoms with Gasteiger partial charge in [0, 0.05) is 5.69 Å². The number of amides is 1. The van der Waals surface area contributed by atoms with Crippen LogP contribution in [0.25, 0.3) is 0 Å². The van der Waals surface area contributed by atoms with E-state index in [0.29, 0.717) is 11.3 Å². The Morgan fingerprint density at radius 1 is 1.32 bits per heavy atom. The molecule has 1 spiro atoms. The molecule has 1 aliphatic heterocycles. The molecule has 1 N–H and O–H groups in total. The van der Waals surface area contributed by atoms with Crippen LogP contribution >= 0.6 is 0 Å². The molecule has 132 valence electrons. The van der Waals surface area contributed by atoms with Gasteiger partial charge in [-0.05, 0) is 50.3 Å². The normalized spacial score (nSPS) is 28.2. The Morgan fingerprint density at radius 2 is 2.00 bits per heavy atom. The van der Waals surface area contributed by atoms with Gasteiger partial charge in [0.2, 0.25) is 5.91 Å². The monoisotopic (exact) mass is 341 g/mol. The summed E-state index contributed by atoms with van der Waals surface area (Å²) in [7, 11) is 0. The van der Waals surface area contributed by atoms with E-state index in [1.54, 1.807) is 26.8 Å². The van der Waals surface area contributed by atoms with Crippen LogP contribution in [0.3, 0.4) is 0 Å². The van der Waals surface area contributed by atoms with E-state index in [9.17, 15) is 14.4 Å². The number of allylic oxidation sites excluding steroid dienone is 2. The molecule has 0 saturated heterocycles. The van der Waals surface area contributed by atoms with Crippen LogP contribution in [0, 0.1) is 11.8 Å². The highest BCUT2D eigenvalue weighted by Crippen LogP contribution is 2.52. The highest BCUT2D eigenvalue weighted by atomic mass is 16.6. The lowest BCUT2D eigenvalue weighted by atomic mass is 9.60. The van der Waals surface area contributed by atoms with E-state index in [4.69, 9.17) is 4.74 Å². The molecule has 5 nitrogen and oxygen atoms in total. The lowest BCUT2D eigenvalue weighted by Gasteiger charge is -2.41. The third-order valence-electron chi connectivity index (χ3n) is 4.89. The quantitative estimate of drug-likeness (QED) is 0.663. The van der Waals surface area contributed by atoms with Gasteiger partial charge in [0.25, 0.3) is 0 Å². The third-order valence-corrected chi connectivity index (χ3v) is 4.89. The zero-order chi connectivity index (χ0) is 18.4. The molecule has 25 heavy (non-hydrogen) atoms. The largest absolute Gasteiger partial charge is 0.460 e. The number of nitrogens with one attached hydrogen (secondary N) is 1. The number of benzene rings is 1. The predicted octanol–water partition coefficient (Wildman–Crippen LogP) is 3.00. The lowest BCUT2D eigenvalue weighted by Crippen LogP contribution is -2.51. The highest BCUT2D eigenvalue weighted by Gasteiger charge is 2.59. The van der Waals surface area contributed by atoms with Gasteiger partial charge in [-0.15, -0.1) is 0 Å². The molecular formula is C20H23NO4. The van der Waals surface area contributed by atoms with Gasteiger partial charge in [0.15, 0.2) is 0 Å². The van der Waals surface area contributed by atoms with Gasteiger partial charge in [-0.1, -0.05) is 31.2 Å². The third kappa shape index (κ3) is 2.77. The Balaban J connectivity index is 2.17. The number of hydrogen-bond acceptors (Lipinski definition) is 4. The summed E-state index contributed by atoms with van der Waals surface area (Å²) >= 11 is 0. The Kier molecular flexibility index (Phi) is 4.06. The summed E-state index contributed by atoms with van der Waals surface area (Å²) in [6, 6.07) is 7.35. The van der Waals surface area contributed by atoms with E-state index in [-0.39, 0.29) is 18.2 Å². The maximum absolute atomic E-state index is 13.0. The molecule has 0 bridgehead atoms. The minimum absolute atomic E-state index is 0.202. The van der Waals surface area contributed by atoms with Crippen LogP contribution in [0.1, 0.15) is 39.7 Å². The number of para-hydroxylation sites is 1. The highest BCUT2D eigenvalue weighted by molar-refractivity contribution is 6.09. The van der Waals surface area contributed by atoms with Crippen molar-refractivity contribution in [2.75, 3.05) is 5.32 Å². The number of carbonyl (C=O) groups is 3. The van der Waals surface area contributed by atoms with Crippen molar-refractivity contribution in [3.05, 3.63) is 41.5 Å².